The Bertz CT molecular complexity index is 391. The SMILES string of the molecule is CCCNC(CCCC(C)C)Cc1ccc(Cl)c(Cl)c1. The van der Waals surface area contributed by atoms with Gasteiger partial charge in [0.05, 0.1) is 10.0 Å². The van der Waals surface area contributed by atoms with Crippen LogP contribution in [-0.4, -0.2) is 12.6 Å². The normalized spacial score (nSPS) is 12.9. The summed E-state index contributed by atoms with van der Waals surface area (Å²) in [7, 11) is 0. The highest BCUT2D eigenvalue weighted by molar-refractivity contribution is 6.42. The van der Waals surface area contributed by atoms with Gasteiger partial charge in [0.2, 0.25) is 0 Å². The lowest BCUT2D eigenvalue weighted by Crippen LogP contribution is -2.31. The molecule has 0 aliphatic carbocycles. The fourth-order valence-corrected chi connectivity index (χ4v) is 2.67. The van der Waals surface area contributed by atoms with Gasteiger partial charge in [-0.2, -0.15) is 0 Å². The van der Waals surface area contributed by atoms with E-state index < -0.39 is 0 Å². The Kier molecular flexibility index (Phi) is 8.60. The topological polar surface area (TPSA) is 12.0 Å². The molecule has 1 rings (SSSR count). The lowest BCUT2D eigenvalue weighted by Gasteiger charge is -2.19. The fourth-order valence-electron chi connectivity index (χ4n) is 2.35. The highest BCUT2D eigenvalue weighted by Crippen LogP contribution is 2.23. The van der Waals surface area contributed by atoms with Crippen molar-refractivity contribution in [2.24, 2.45) is 5.92 Å². The zero-order chi connectivity index (χ0) is 15.0. The average Bonchev–Trinajstić information content (AvgIpc) is 2.39. The van der Waals surface area contributed by atoms with Crippen molar-refractivity contribution in [3.63, 3.8) is 0 Å². The number of benzene rings is 1. The van der Waals surface area contributed by atoms with Crippen LogP contribution in [-0.2, 0) is 6.42 Å². The zero-order valence-corrected chi connectivity index (χ0v) is 14.4. The Hall–Kier alpha value is -0.240. The molecule has 0 radical (unpaired) electrons. The maximum Gasteiger partial charge on any atom is 0.0595 e. The van der Waals surface area contributed by atoms with Crippen molar-refractivity contribution in [1.29, 1.82) is 0 Å². The number of nitrogens with one attached hydrogen (secondary N) is 1. The van der Waals surface area contributed by atoms with Gasteiger partial charge in [0.25, 0.3) is 0 Å². The summed E-state index contributed by atoms with van der Waals surface area (Å²) in [6, 6.07) is 6.50. The van der Waals surface area contributed by atoms with Crippen molar-refractivity contribution in [2.75, 3.05) is 6.54 Å². The second-order valence-electron chi connectivity index (χ2n) is 5.93. The maximum atomic E-state index is 6.10. The number of hydrogen-bond acceptors (Lipinski definition) is 1. The Morgan fingerprint density at radius 2 is 1.85 bits per heavy atom. The predicted octanol–water partition coefficient (Wildman–Crippen LogP) is 5.73. The van der Waals surface area contributed by atoms with Gasteiger partial charge >= 0.3 is 0 Å². The van der Waals surface area contributed by atoms with Crippen LogP contribution in [0, 0.1) is 5.92 Å². The summed E-state index contributed by atoms with van der Waals surface area (Å²) < 4.78 is 0. The standard InChI is InChI=1S/C17H27Cl2N/c1-4-10-20-15(7-5-6-13(2)3)11-14-8-9-16(18)17(19)12-14/h8-9,12-13,15,20H,4-7,10-11H2,1-3H3. The van der Waals surface area contributed by atoms with Crippen LogP contribution in [0.25, 0.3) is 0 Å². The van der Waals surface area contributed by atoms with Crippen LogP contribution < -0.4 is 5.32 Å². The van der Waals surface area contributed by atoms with Gasteiger partial charge in [-0.1, -0.05) is 62.9 Å². The van der Waals surface area contributed by atoms with E-state index in [2.05, 4.69) is 32.2 Å². The highest BCUT2D eigenvalue weighted by atomic mass is 35.5. The van der Waals surface area contributed by atoms with Crippen LogP contribution >= 0.6 is 23.2 Å². The Labute approximate surface area is 134 Å². The Balaban J connectivity index is 2.55. The summed E-state index contributed by atoms with van der Waals surface area (Å²) in [5, 5.41) is 4.94. The van der Waals surface area contributed by atoms with Crippen molar-refractivity contribution in [2.45, 2.75) is 58.9 Å². The van der Waals surface area contributed by atoms with Gasteiger partial charge in [0, 0.05) is 6.04 Å². The molecular weight excluding hydrogens is 289 g/mol. The minimum atomic E-state index is 0.533. The Morgan fingerprint density at radius 1 is 1.10 bits per heavy atom. The molecule has 0 aliphatic heterocycles. The summed E-state index contributed by atoms with van der Waals surface area (Å²) in [5.74, 6) is 0.784. The monoisotopic (exact) mass is 315 g/mol. The first-order valence-electron chi connectivity index (χ1n) is 7.70. The van der Waals surface area contributed by atoms with Gasteiger partial charge in [-0.15, -0.1) is 0 Å². The molecule has 114 valence electrons. The van der Waals surface area contributed by atoms with Gasteiger partial charge < -0.3 is 5.32 Å². The third-order valence-electron chi connectivity index (χ3n) is 3.48. The molecule has 20 heavy (non-hydrogen) atoms. The van der Waals surface area contributed by atoms with E-state index in [9.17, 15) is 0 Å². The van der Waals surface area contributed by atoms with Crippen LogP contribution in [0.4, 0.5) is 0 Å². The van der Waals surface area contributed by atoms with E-state index in [1.54, 1.807) is 0 Å². The third-order valence-corrected chi connectivity index (χ3v) is 4.22. The second-order valence-corrected chi connectivity index (χ2v) is 6.74. The molecular formula is C17H27Cl2N. The van der Waals surface area contributed by atoms with Gasteiger partial charge in [-0.05, 0) is 49.4 Å². The third kappa shape index (κ3) is 6.97. The first-order valence-corrected chi connectivity index (χ1v) is 8.45. The van der Waals surface area contributed by atoms with Crippen molar-refractivity contribution in [3.8, 4) is 0 Å². The van der Waals surface area contributed by atoms with Crippen LogP contribution in [0.5, 0.6) is 0 Å². The summed E-state index contributed by atoms with van der Waals surface area (Å²) in [6.07, 6.45) is 5.99. The van der Waals surface area contributed by atoms with Gasteiger partial charge in [0.1, 0.15) is 0 Å². The van der Waals surface area contributed by atoms with E-state index in [0.29, 0.717) is 16.1 Å². The van der Waals surface area contributed by atoms with Gasteiger partial charge in [-0.3, -0.25) is 0 Å². The molecule has 3 heteroatoms. The van der Waals surface area contributed by atoms with Gasteiger partial charge in [-0.25, -0.2) is 0 Å². The number of halogens is 2. The zero-order valence-electron chi connectivity index (χ0n) is 12.9. The maximum absolute atomic E-state index is 6.10. The molecule has 1 N–H and O–H groups in total. The molecule has 1 unspecified atom stereocenters. The summed E-state index contributed by atoms with van der Waals surface area (Å²) in [4.78, 5) is 0. The van der Waals surface area contributed by atoms with Crippen molar-refractivity contribution in [1.82, 2.24) is 5.32 Å². The average molecular weight is 316 g/mol. The van der Waals surface area contributed by atoms with E-state index in [4.69, 9.17) is 23.2 Å². The van der Waals surface area contributed by atoms with Gasteiger partial charge in [0.15, 0.2) is 0 Å². The summed E-state index contributed by atoms with van der Waals surface area (Å²) in [5.41, 5.74) is 1.26. The van der Waals surface area contributed by atoms with Crippen molar-refractivity contribution >= 4 is 23.2 Å². The molecule has 0 aliphatic rings. The first-order chi connectivity index (χ1) is 9.52. The molecule has 1 aromatic carbocycles. The molecule has 0 bridgehead atoms. The van der Waals surface area contributed by atoms with Crippen molar-refractivity contribution in [3.05, 3.63) is 33.8 Å². The lowest BCUT2D eigenvalue weighted by atomic mass is 9.98. The highest BCUT2D eigenvalue weighted by Gasteiger charge is 2.10. The molecule has 1 aromatic rings. The van der Waals surface area contributed by atoms with Crippen LogP contribution in [0.1, 0.15) is 52.0 Å². The van der Waals surface area contributed by atoms with E-state index >= 15 is 0 Å². The van der Waals surface area contributed by atoms with Crippen LogP contribution in [0.15, 0.2) is 18.2 Å². The number of rotatable bonds is 9. The minimum absolute atomic E-state index is 0.533. The molecule has 0 amide bonds. The molecule has 0 saturated carbocycles. The quantitative estimate of drug-likeness (QED) is 0.613. The molecule has 1 nitrogen and oxygen atoms in total. The fraction of sp³-hybridized carbons (Fsp3) is 0.647. The molecule has 0 heterocycles. The van der Waals surface area contributed by atoms with Crippen LogP contribution in [0.3, 0.4) is 0 Å². The molecule has 0 spiro atoms. The van der Waals surface area contributed by atoms with E-state index in [-0.39, 0.29) is 0 Å². The lowest BCUT2D eigenvalue weighted by molar-refractivity contribution is 0.434. The molecule has 0 fully saturated rings. The summed E-state index contributed by atoms with van der Waals surface area (Å²) in [6.45, 7) is 7.85. The molecule has 0 saturated heterocycles. The van der Waals surface area contributed by atoms with Crippen molar-refractivity contribution < 1.29 is 0 Å². The molecule has 0 aromatic heterocycles. The predicted molar refractivity (Wildman–Crippen MR) is 90.9 cm³/mol. The minimum Gasteiger partial charge on any atom is -0.314 e. The largest absolute Gasteiger partial charge is 0.314 e. The van der Waals surface area contributed by atoms with E-state index in [1.165, 1.54) is 31.2 Å². The van der Waals surface area contributed by atoms with Crippen LogP contribution in [0.2, 0.25) is 10.0 Å². The Morgan fingerprint density at radius 3 is 2.45 bits per heavy atom. The molecule has 1 atom stereocenters. The van der Waals surface area contributed by atoms with E-state index in [1.807, 2.05) is 12.1 Å². The second kappa shape index (κ2) is 9.65. The smallest absolute Gasteiger partial charge is 0.0595 e. The number of hydrogen-bond donors (Lipinski definition) is 1. The first kappa shape index (κ1) is 17.8. The summed E-state index contributed by atoms with van der Waals surface area (Å²) >= 11 is 12.1. The van der Waals surface area contributed by atoms with E-state index in [0.717, 1.165) is 18.9 Å².